The number of rotatable bonds is 3. The van der Waals surface area contributed by atoms with Gasteiger partial charge in [-0.3, -0.25) is 5.32 Å². The summed E-state index contributed by atoms with van der Waals surface area (Å²) in [5.74, 6) is -0.383. The standard InChI is InChI=1S/C16H22FNO3/c1-10(19)16(7-8-16)12-9-11(17)5-6-13(12)18-14(20)21-15(2,3)4/h5-6,9-10,19H,7-8H2,1-4H3,(H,18,20). The third kappa shape index (κ3) is 3.53. The molecule has 1 aromatic rings. The van der Waals surface area contributed by atoms with Gasteiger partial charge in [0.1, 0.15) is 11.4 Å². The second-order valence-electron chi connectivity index (χ2n) is 6.65. The van der Waals surface area contributed by atoms with Crippen LogP contribution in [0.3, 0.4) is 0 Å². The van der Waals surface area contributed by atoms with Crippen molar-refractivity contribution in [2.75, 3.05) is 5.32 Å². The quantitative estimate of drug-likeness (QED) is 0.896. The van der Waals surface area contributed by atoms with Gasteiger partial charge in [0.25, 0.3) is 0 Å². The van der Waals surface area contributed by atoms with Crippen LogP contribution < -0.4 is 5.32 Å². The van der Waals surface area contributed by atoms with Crippen LogP contribution in [0.15, 0.2) is 18.2 Å². The van der Waals surface area contributed by atoms with Crippen LogP contribution in [0.5, 0.6) is 0 Å². The van der Waals surface area contributed by atoms with Gasteiger partial charge in [0.15, 0.2) is 0 Å². The molecule has 1 saturated carbocycles. The zero-order valence-corrected chi connectivity index (χ0v) is 12.9. The molecule has 5 heteroatoms. The lowest BCUT2D eigenvalue weighted by molar-refractivity contribution is 0.0635. The number of carbonyl (C=O) groups is 1. The Morgan fingerprint density at radius 1 is 1.43 bits per heavy atom. The minimum atomic E-state index is -0.605. The van der Waals surface area contributed by atoms with Crippen LogP contribution in [0.1, 0.15) is 46.1 Å². The van der Waals surface area contributed by atoms with Gasteiger partial charge in [-0.05, 0) is 64.3 Å². The molecular weight excluding hydrogens is 273 g/mol. The van der Waals surface area contributed by atoms with Gasteiger partial charge in [-0.15, -0.1) is 0 Å². The molecule has 1 aliphatic carbocycles. The Kier molecular flexibility index (Phi) is 3.97. The lowest BCUT2D eigenvalue weighted by Gasteiger charge is -2.24. The van der Waals surface area contributed by atoms with Crippen LogP contribution >= 0.6 is 0 Å². The number of halogens is 1. The molecule has 0 saturated heterocycles. The van der Waals surface area contributed by atoms with Crippen LogP contribution in [0.25, 0.3) is 0 Å². The Hall–Kier alpha value is -1.62. The lowest BCUT2D eigenvalue weighted by Crippen LogP contribution is -2.29. The first kappa shape index (κ1) is 15.8. The molecule has 1 fully saturated rings. The predicted octanol–water partition coefficient (Wildman–Crippen LogP) is 3.59. The van der Waals surface area contributed by atoms with Crippen molar-refractivity contribution in [1.29, 1.82) is 0 Å². The Morgan fingerprint density at radius 3 is 2.52 bits per heavy atom. The van der Waals surface area contributed by atoms with Crippen LogP contribution in [0.4, 0.5) is 14.9 Å². The van der Waals surface area contributed by atoms with E-state index in [0.717, 1.165) is 12.8 Å². The average molecular weight is 295 g/mol. The molecule has 1 unspecified atom stereocenters. The molecule has 0 bridgehead atoms. The molecule has 0 aromatic heterocycles. The number of hydrogen-bond donors (Lipinski definition) is 2. The van der Waals surface area contributed by atoms with E-state index in [1.165, 1.54) is 18.2 Å². The van der Waals surface area contributed by atoms with Gasteiger partial charge in [0.05, 0.1) is 6.10 Å². The van der Waals surface area contributed by atoms with Crippen molar-refractivity contribution in [1.82, 2.24) is 0 Å². The van der Waals surface area contributed by atoms with Crippen molar-refractivity contribution in [2.45, 2.75) is 57.7 Å². The maximum absolute atomic E-state index is 13.6. The van der Waals surface area contributed by atoms with Gasteiger partial charge in [-0.25, -0.2) is 9.18 Å². The van der Waals surface area contributed by atoms with Crippen molar-refractivity contribution in [3.63, 3.8) is 0 Å². The highest BCUT2D eigenvalue weighted by Gasteiger charge is 2.50. The molecule has 0 aliphatic heterocycles. The minimum Gasteiger partial charge on any atom is -0.444 e. The van der Waals surface area contributed by atoms with Crippen LogP contribution in [-0.4, -0.2) is 22.9 Å². The Balaban J connectivity index is 2.27. The number of anilines is 1. The predicted molar refractivity (Wildman–Crippen MR) is 78.8 cm³/mol. The van der Waals surface area contributed by atoms with Gasteiger partial charge < -0.3 is 9.84 Å². The molecule has 1 atom stereocenters. The maximum Gasteiger partial charge on any atom is 0.412 e. The molecule has 1 aliphatic rings. The summed E-state index contributed by atoms with van der Waals surface area (Å²) in [5.41, 5.74) is 0.0468. The fourth-order valence-corrected chi connectivity index (χ4v) is 2.50. The maximum atomic E-state index is 13.6. The van der Waals surface area contributed by atoms with Gasteiger partial charge in [0, 0.05) is 11.1 Å². The van der Waals surface area contributed by atoms with Crippen molar-refractivity contribution >= 4 is 11.8 Å². The van der Waals surface area contributed by atoms with E-state index < -0.39 is 23.2 Å². The van der Waals surface area contributed by atoms with E-state index in [1.54, 1.807) is 27.7 Å². The highest BCUT2D eigenvalue weighted by atomic mass is 19.1. The molecular formula is C16H22FNO3. The highest BCUT2D eigenvalue weighted by molar-refractivity contribution is 5.86. The van der Waals surface area contributed by atoms with Crippen molar-refractivity contribution in [2.24, 2.45) is 0 Å². The number of nitrogens with one attached hydrogen (secondary N) is 1. The Labute approximate surface area is 124 Å². The van der Waals surface area contributed by atoms with Crippen molar-refractivity contribution in [3.05, 3.63) is 29.6 Å². The normalized spacial score (nSPS) is 18.0. The minimum absolute atomic E-state index is 0.383. The summed E-state index contributed by atoms with van der Waals surface area (Å²) in [5, 5.41) is 12.6. The van der Waals surface area contributed by atoms with E-state index >= 15 is 0 Å². The fourth-order valence-electron chi connectivity index (χ4n) is 2.50. The SMILES string of the molecule is CC(O)C1(c2cc(F)ccc2NC(=O)OC(C)(C)C)CC1. The zero-order chi connectivity index (χ0) is 15.8. The molecule has 1 amide bonds. The van der Waals surface area contributed by atoms with Gasteiger partial charge in [0.2, 0.25) is 0 Å². The molecule has 116 valence electrons. The van der Waals surface area contributed by atoms with Crippen LogP contribution in [-0.2, 0) is 10.2 Å². The molecule has 2 N–H and O–H groups in total. The lowest BCUT2D eigenvalue weighted by atomic mass is 9.89. The highest BCUT2D eigenvalue weighted by Crippen LogP contribution is 2.53. The summed E-state index contributed by atoms with van der Waals surface area (Å²) < 4.78 is 18.8. The molecule has 4 nitrogen and oxygen atoms in total. The number of amides is 1. The van der Waals surface area contributed by atoms with E-state index in [2.05, 4.69) is 5.32 Å². The van der Waals surface area contributed by atoms with Gasteiger partial charge in [-0.2, -0.15) is 0 Å². The molecule has 0 heterocycles. The smallest absolute Gasteiger partial charge is 0.412 e. The van der Waals surface area contributed by atoms with Crippen molar-refractivity contribution < 1.29 is 19.0 Å². The van der Waals surface area contributed by atoms with Gasteiger partial charge >= 0.3 is 6.09 Å². The number of carbonyl (C=O) groups excluding carboxylic acids is 1. The first-order valence-electron chi connectivity index (χ1n) is 7.12. The zero-order valence-electron chi connectivity index (χ0n) is 12.9. The summed E-state index contributed by atoms with van der Waals surface area (Å²) in [6.45, 7) is 7.01. The van der Waals surface area contributed by atoms with E-state index in [0.29, 0.717) is 11.3 Å². The van der Waals surface area contributed by atoms with E-state index in [-0.39, 0.29) is 5.82 Å². The molecule has 1 aromatic carbocycles. The number of aliphatic hydroxyl groups excluding tert-OH is 1. The summed E-state index contributed by atoms with van der Waals surface area (Å²) in [7, 11) is 0. The third-order valence-electron chi connectivity index (χ3n) is 3.74. The monoisotopic (exact) mass is 295 g/mol. The van der Waals surface area contributed by atoms with Crippen LogP contribution in [0, 0.1) is 5.82 Å². The molecule has 0 spiro atoms. The summed E-state index contributed by atoms with van der Waals surface area (Å²) >= 11 is 0. The van der Waals surface area contributed by atoms with E-state index in [9.17, 15) is 14.3 Å². The second kappa shape index (κ2) is 5.30. The van der Waals surface area contributed by atoms with Crippen molar-refractivity contribution in [3.8, 4) is 0 Å². The summed E-state index contributed by atoms with van der Waals surface area (Å²) in [6, 6.07) is 4.18. The molecule has 2 rings (SSSR count). The Morgan fingerprint density at radius 2 is 2.05 bits per heavy atom. The largest absolute Gasteiger partial charge is 0.444 e. The number of benzene rings is 1. The topological polar surface area (TPSA) is 58.6 Å². The second-order valence-corrected chi connectivity index (χ2v) is 6.65. The summed E-state index contributed by atoms with van der Waals surface area (Å²) in [6.07, 6.45) is 0.365. The summed E-state index contributed by atoms with van der Waals surface area (Å²) in [4.78, 5) is 11.9. The number of aliphatic hydroxyl groups is 1. The number of ether oxygens (including phenoxy) is 1. The first-order chi connectivity index (χ1) is 9.64. The first-order valence-corrected chi connectivity index (χ1v) is 7.12. The fraction of sp³-hybridized carbons (Fsp3) is 0.562. The number of hydrogen-bond acceptors (Lipinski definition) is 3. The third-order valence-corrected chi connectivity index (χ3v) is 3.74. The Bertz CT molecular complexity index is 545. The van der Waals surface area contributed by atoms with Gasteiger partial charge in [-0.1, -0.05) is 0 Å². The van der Waals surface area contributed by atoms with E-state index in [4.69, 9.17) is 4.74 Å². The molecule has 0 radical (unpaired) electrons. The average Bonchev–Trinajstić information content (AvgIpc) is 3.10. The van der Waals surface area contributed by atoms with Crippen LogP contribution in [0.2, 0.25) is 0 Å². The van der Waals surface area contributed by atoms with E-state index in [1.807, 2.05) is 0 Å². The molecule has 21 heavy (non-hydrogen) atoms.